The molecule has 0 bridgehead atoms. The molecule has 10 nitrogen and oxygen atoms in total. The van der Waals surface area contributed by atoms with Gasteiger partial charge in [0.25, 0.3) is 5.91 Å². The zero-order chi connectivity index (χ0) is 23.7. The number of piperidine rings is 1. The van der Waals surface area contributed by atoms with Crippen molar-refractivity contribution in [3.8, 4) is 10.6 Å². The Kier molecular flexibility index (Phi) is 5.76. The summed E-state index contributed by atoms with van der Waals surface area (Å²) in [5.41, 5.74) is 8.13. The van der Waals surface area contributed by atoms with Crippen molar-refractivity contribution in [1.29, 1.82) is 0 Å². The molecule has 0 radical (unpaired) electrons. The topological polar surface area (TPSA) is 132 Å². The number of fused-ring (bicyclic) bond motifs is 1. The number of pyridine rings is 1. The van der Waals surface area contributed by atoms with E-state index in [0.717, 1.165) is 17.7 Å². The SMILES string of the molecule is C=CC(=O)N1CCC[C@@H](n2nc(-c3ccc(C(=O)Nc4ccncc4)s3)c3c(N)ncnc32)C1. The number of nitrogen functional groups attached to an aromatic ring is 1. The number of hydrogen-bond donors (Lipinski definition) is 2. The molecule has 1 aliphatic heterocycles. The molecule has 11 heteroatoms. The lowest BCUT2D eigenvalue weighted by Crippen LogP contribution is -2.40. The molecule has 4 aromatic heterocycles. The molecule has 0 aromatic carbocycles. The van der Waals surface area contributed by atoms with Crippen LogP contribution in [0, 0.1) is 0 Å². The number of nitrogens with two attached hydrogens (primary N) is 1. The average Bonchev–Trinajstić information content (AvgIpc) is 3.50. The van der Waals surface area contributed by atoms with Gasteiger partial charge in [-0.1, -0.05) is 6.58 Å². The van der Waals surface area contributed by atoms with Crippen LogP contribution in [-0.4, -0.2) is 54.5 Å². The minimum Gasteiger partial charge on any atom is -0.383 e. The summed E-state index contributed by atoms with van der Waals surface area (Å²) in [7, 11) is 0. The minimum atomic E-state index is -0.221. The fourth-order valence-electron chi connectivity index (χ4n) is 4.12. The molecule has 0 aliphatic carbocycles. The number of thiophene rings is 1. The van der Waals surface area contributed by atoms with Gasteiger partial charge in [0.15, 0.2) is 5.65 Å². The van der Waals surface area contributed by atoms with Gasteiger partial charge >= 0.3 is 0 Å². The Morgan fingerprint density at radius 2 is 2.03 bits per heavy atom. The first kappa shape index (κ1) is 21.7. The van der Waals surface area contributed by atoms with Gasteiger partial charge in [0, 0.05) is 31.2 Å². The van der Waals surface area contributed by atoms with Gasteiger partial charge in [0.2, 0.25) is 5.91 Å². The van der Waals surface area contributed by atoms with E-state index in [1.807, 2.05) is 10.7 Å². The molecule has 5 heterocycles. The normalized spacial score (nSPS) is 15.9. The standard InChI is InChI=1S/C23H22N8O2S/c1-2-18(32)30-11-3-4-15(12-30)31-22-19(21(24)26-13-27-22)20(29-31)16-5-6-17(34-16)23(33)28-14-7-9-25-10-8-14/h2,5-10,13,15H,1,3-4,11-12H2,(H2,24,26,27)(H,25,28,33)/t15-/m1/s1. The molecule has 1 fully saturated rings. The van der Waals surface area contributed by atoms with Crippen LogP contribution in [0.2, 0.25) is 0 Å². The first-order chi connectivity index (χ1) is 16.5. The lowest BCUT2D eigenvalue weighted by molar-refractivity contribution is -0.127. The summed E-state index contributed by atoms with van der Waals surface area (Å²) in [5, 5.41) is 8.36. The van der Waals surface area contributed by atoms with E-state index in [9.17, 15) is 9.59 Å². The molecule has 5 rings (SSSR count). The van der Waals surface area contributed by atoms with Gasteiger partial charge in [0.1, 0.15) is 17.8 Å². The number of hydrogen-bond acceptors (Lipinski definition) is 8. The monoisotopic (exact) mass is 474 g/mol. The third-order valence-electron chi connectivity index (χ3n) is 5.75. The van der Waals surface area contributed by atoms with Gasteiger partial charge in [-0.3, -0.25) is 14.6 Å². The predicted octanol–water partition coefficient (Wildman–Crippen LogP) is 3.13. The first-order valence-corrected chi connectivity index (χ1v) is 11.6. The smallest absolute Gasteiger partial charge is 0.265 e. The molecule has 34 heavy (non-hydrogen) atoms. The number of likely N-dealkylation sites (tertiary alicyclic amines) is 1. The van der Waals surface area contributed by atoms with Crippen molar-refractivity contribution in [1.82, 2.24) is 29.6 Å². The lowest BCUT2D eigenvalue weighted by atomic mass is 10.1. The number of carbonyl (C=O) groups excluding carboxylic acids is 2. The molecule has 4 aromatic rings. The quantitative estimate of drug-likeness (QED) is 0.425. The van der Waals surface area contributed by atoms with Crippen LogP contribution < -0.4 is 11.1 Å². The molecule has 2 amide bonds. The zero-order valence-corrected chi connectivity index (χ0v) is 19.0. The second-order valence-corrected chi connectivity index (χ2v) is 8.97. The lowest BCUT2D eigenvalue weighted by Gasteiger charge is -2.32. The van der Waals surface area contributed by atoms with Crippen molar-refractivity contribution < 1.29 is 9.59 Å². The number of anilines is 2. The first-order valence-electron chi connectivity index (χ1n) is 10.8. The number of amides is 2. The summed E-state index contributed by atoms with van der Waals surface area (Å²) < 4.78 is 1.83. The molecule has 0 unspecified atom stereocenters. The van der Waals surface area contributed by atoms with Gasteiger partial charge in [0.05, 0.1) is 21.2 Å². The number of nitrogens with zero attached hydrogens (tertiary/aromatic N) is 6. The Labute approximate surface area is 199 Å². The number of rotatable bonds is 5. The van der Waals surface area contributed by atoms with Gasteiger partial charge in [-0.2, -0.15) is 5.10 Å². The van der Waals surface area contributed by atoms with Crippen molar-refractivity contribution in [3.63, 3.8) is 0 Å². The highest BCUT2D eigenvalue weighted by molar-refractivity contribution is 7.17. The maximum Gasteiger partial charge on any atom is 0.265 e. The Morgan fingerprint density at radius 1 is 1.21 bits per heavy atom. The van der Waals surface area contributed by atoms with Crippen LogP contribution in [0.15, 0.2) is 55.6 Å². The van der Waals surface area contributed by atoms with Gasteiger partial charge in [-0.25, -0.2) is 14.6 Å². The highest BCUT2D eigenvalue weighted by Crippen LogP contribution is 2.37. The number of carbonyl (C=O) groups is 2. The van der Waals surface area contributed by atoms with E-state index in [0.29, 0.717) is 46.2 Å². The van der Waals surface area contributed by atoms with E-state index in [4.69, 9.17) is 10.8 Å². The average molecular weight is 475 g/mol. The van der Waals surface area contributed by atoms with Crippen LogP contribution in [0.1, 0.15) is 28.6 Å². The van der Waals surface area contributed by atoms with Crippen molar-refractivity contribution >= 4 is 45.7 Å². The van der Waals surface area contributed by atoms with E-state index in [-0.39, 0.29) is 17.9 Å². The van der Waals surface area contributed by atoms with E-state index in [1.165, 1.54) is 23.7 Å². The Hall–Kier alpha value is -4.12. The third-order valence-corrected chi connectivity index (χ3v) is 6.84. The fraction of sp³-hybridized carbons (Fsp3) is 0.217. The van der Waals surface area contributed by atoms with Crippen molar-refractivity contribution in [2.24, 2.45) is 0 Å². The molecular formula is C23H22N8O2S. The summed E-state index contributed by atoms with van der Waals surface area (Å²) >= 11 is 1.31. The summed E-state index contributed by atoms with van der Waals surface area (Å²) in [5.74, 6) is -0.00262. The molecule has 1 atom stereocenters. The third kappa shape index (κ3) is 4.01. The zero-order valence-electron chi connectivity index (χ0n) is 18.2. The number of nitrogens with one attached hydrogen (secondary N) is 1. The van der Waals surface area contributed by atoms with Crippen LogP contribution in [-0.2, 0) is 4.79 Å². The van der Waals surface area contributed by atoms with E-state index >= 15 is 0 Å². The van der Waals surface area contributed by atoms with Gasteiger partial charge < -0.3 is 16.0 Å². The highest BCUT2D eigenvalue weighted by atomic mass is 32.1. The van der Waals surface area contributed by atoms with E-state index < -0.39 is 0 Å². The van der Waals surface area contributed by atoms with Crippen LogP contribution in [0.4, 0.5) is 11.5 Å². The van der Waals surface area contributed by atoms with Gasteiger partial charge in [-0.15, -0.1) is 11.3 Å². The van der Waals surface area contributed by atoms with E-state index in [1.54, 1.807) is 35.5 Å². The summed E-state index contributed by atoms with van der Waals surface area (Å²) in [6.07, 6.45) is 7.68. The Morgan fingerprint density at radius 3 is 2.82 bits per heavy atom. The molecular weight excluding hydrogens is 452 g/mol. The summed E-state index contributed by atoms with van der Waals surface area (Å²) in [6.45, 7) is 4.79. The second kappa shape index (κ2) is 9.02. The Balaban J connectivity index is 1.50. The fourth-order valence-corrected chi connectivity index (χ4v) is 5.01. The van der Waals surface area contributed by atoms with E-state index in [2.05, 4.69) is 26.8 Å². The molecule has 0 spiro atoms. The van der Waals surface area contributed by atoms with Crippen LogP contribution in [0.3, 0.4) is 0 Å². The van der Waals surface area contributed by atoms with Crippen molar-refractivity contribution in [2.75, 3.05) is 24.1 Å². The largest absolute Gasteiger partial charge is 0.383 e. The maximum absolute atomic E-state index is 12.7. The maximum atomic E-state index is 12.7. The summed E-state index contributed by atoms with van der Waals surface area (Å²) in [4.78, 5) is 40.6. The van der Waals surface area contributed by atoms with Crippen molar-refractivity contribution in [2.45, 2.75) is 18.9 Å². The Bertz CT molecular complexity index is 1380. The van der Waals surface area contributed by atoms with Crippen LogP contribution in [0.5, 0.6) is 0 Å². The van der Waals surface area contributed by atoms with Crippen LogP contribution in [0.25, 0.3) is 21.6 Å². The minimum absolute atomic E-state index is 0.0578. The molecule has 1 saturated heterocycles. The molecule has 172 valence electrons. The summed E-state index contributed by atoms with van der Waals surface area (Å²) in [6, 6.07) is 7.00. The number of aromatic nitrogens is 5. The van der Waals surface area contributed by atoms with Gasteiger partial charge in [-0.05, 0) is 43.2 Å². The second-order valence-electron chi connectivity index (χ2n) is 7.89. The molecule has 3 N–H and O–H groups in total. The molecule has 1 aliphatic rings. The molecule has 0 saturated carbocycles. The van der Waals surface area contributed by atoms with Crippen molar-refractivity contribution in [3.05, 3.63) is 60.5 Å². The predicted molar refractivity (Wildman–Crippen MR) is 130 cm³/mol. The highest BCUT2D eigenvalue weighted by Gasteiger charge is 2.28. The van der Waals surface area contributed by atoms with Crippen LogP contribution >= 0.6 is 11.3 Å².